The molecule has 2 heterocycles. The molecule has 6 nitrogen and oxygen atoms in total. The molecule has 1 aliphatic heterocycles. The Hall–Kier alpha value is -1.76. The Morgan fingerprint density at radius 2 is 2.18 bits per heavy atom. The van der Waals surface area contributed by atoms with E-state index in [0.29, 0.717) is 5.69 Å². The third kappa shape index (κ3) is 2.33. The summed E-state index contributed by atoms with van der Waals surface area (Å²) in [6.45, 7) is 3.60. The van der Waals surface area contributed by atoms with Gasteiger partial charge < -0.3 is 5.32 Å². The van der Waals surface area contributed by atoms with Crippen molar-refractivity contribution in [1.29, 1.82) is 0 Å². The van der Waals surface area contributed by atoms with Gasteiger partial charge in [-0.15, -0.1) is 11.3 Å². The summed E-state index contributed by atoms with van der Waals surface area (Å²) in [5.74, 6) is -1.25. The van der Waals surface area contributed by atoms with Crippen LogP contribution in [0.2, 0.25) is 0 Å². The Bertz CT molecular complexity index is 509. The zero-order valence-corrected chi connectivity index (χ0v) is 10.2. The summed E-state index contributed by atoms with van der Waals surface area (Å²) >= 11 is 1.42. The molecule has 1 unspecified atom stereocenters. The first-order valence-corrected chi connectivity index (χ1v) is 5.87. The van der Waals surface area contributed by atoms with Crippen LogP contribution in [0.3, 0.4) is 0 Å². The van der Waals surface area contributed by atoms with Gasteiger partial charge in [0.05, 0.1) is 11.4 Å². The number of amides is 3. The summed E-state index contributed by atoms with van der Waals surface area (Å²) in [6.07, 6.45) is -0.00720. The van der Waals surface area contributed by atoms with Crippen LogP contribution in [0.1, 0.15) is 26.8 Å². The van der Waals surface area contributed by atoms with Crippen LogP contribution in [0, 0.1) is 13.8 Å². The number of rotatable bonds is 2. The molecular weight excluding hydrogens is 242 g/mol. The number of hydrogen-bond donors (Lipinski definition) is 2. The Morgan fingerprint density at radius 1 is 1.47 bits per heavy atom. The first-order chi connectivity index (χ1) is 7.97. The number of thiazole rings is 1. The fourth-order valence-corrected chi connectivity index (χ4v) is 2.45. The van der Waals surface area contributed by atoms with Gasteiger partial charge in [0.1, 0.15) is 11.7 Å². The van der Waals surface area contributed by atoms with Gasteiger partial charge in [-0.3, -0.25) is 19.7 Å². The lowest BCUT2D eigenvalue weighted by Gasteiger charge is -2.07. The van der Waals surface area contributed by atoms with Crippen molar-refractivity contribution in [3.8, 4) is 0 Å². The summed E-state index contributed by atoms with van der Waals surface area (Å²) in [4.78, 5) is 38.9. The van der Waals surface area contributed by atoms with E-state index in [4.69, 9.17) is 0 Å². The van der Waals surface area contributed by atoms with Crippen molar-refractivity contribution in [2.24, 2.45) is 0 Å². The first-order valence-electron chi connectivity index (χ1n) is 5.06. The molecule has 1 atom stereocenters. The molecule has 0 saturated carbocycles. The third-order valence-corrected chi connectivity index (χ3v) is 3.28. The number of nitrogens with one attached hydrogen (secondary N) is 2. The van der Waals surface area contributed by atoms with Gasteiger partial charge in [-0.25, -0.2) is 4.98 Å². The molecule has 0 spiro atoms. The second kappa shape index (κ2) is 4.25. The molecule has 1 fully saturated rings. The van der Waals surface area contributed by atoms with Crippen LogP contribution in [-0.4, -0.2) is 28.7 Å². The van der Waals surface area contributed by atoms with Crippen molar-refractivity contribution in [1.82, 2.24) is 15.6 Å². The number of nitrogens with zero attached hydrogens (tertiary/aromatic N) is 1. The summed E-state index contributed by atoms with van der Waals surface area (Å²) in [5.41, 5.74) is 0.319. The van der Waals surface area contributed by atoms with Gasteiger partial charge in [-0.1, -0.05) is 0 Å². The summed E-state index contributed by atoms with van der Waals surface area (Å²) in [7, 11) is 0. The largest absolute Gasteiger partial charge is 0.338 e. The molecule has 1 aromatic rings. The van der Waals surface area contributed by atoms with Crippen molar-refractivity contribution in [2.75, 3.05) is 0 Å². The zero-order chi connectivity index (χ0) is 12.6. The maximum absolute atomic E-state index is 11.8. The van der Waals surface area contributed by atoms with E-state index in [1.54, 1.807) is 13.8 Å². The predicted molar refractivity (Wildman–Crippen MR) is 60.6 cm³/mol. The van der Waals surface area contributed by atoms with Gasteiger partial charge in [0.15, 0.2) is 0 Å². The fraction of sp³-hybridized carbons (Fsp3) is 0.400. The molecular formula is C10H11N3O3S. The minimum atomic E-state index is -0.781. The van der Waals surface area contributed by atoms with E-state index in [2.05, 4.69) is 15.6 Å². The highest BCUT2D eigenvalue weighted by Gasteiger charge is 2.32. The van der Waals surface area contributed by atoms with Crippen molar-refractivity contribution in [2.45, 2.75) is 26.3 Å². The van der Waals surface area contributed by atoms with Crippen molar-refractivity contribution in [3.63, 3.8) is 0 Å². The number of carbonyl (C=O) groups is 3. The van der Waals surface area contributed by atoms with E-state index in [-0.39, 0.29) is 12.3 Å². The van der Waals surface area contributed by atoms with Crippen LogP contribution in [0.25, 0.3) is 0 Å². The molecule has 2 rings (SSSR count). The van der Waals surface area contributed by atoms with Crippen molar-refractivity contribution >= 4 is 29.1 Å². The highest BCUT2D eigenvalue weighted by Crippen LogP contribution is 2.16. The molecule has 0 aromatic carbocycles. The molecule has 90 valence electrons. The number of hydrogen-bond acceptors (Lipinski definition) is 5. The van der Waals surface area contributed by atoms with Crippen LogP contribution in [-0.2, 0) is 9.59 Å². The van der Waals surface area contributed by atoms with Gasteiger partial charge in [0, 0.05) is 4.88 Å². The monoisotopic (exact) mass is 253 g/mol. The van der Waals surface area contributed by atoms with Crippen LogP contribution < -0.4 is 10.6 Å². The summed E-state index contributed by atoms with van der Waals surface area (Å²) in [6, 6.07) is -0.781. The molecule has 1 aliphatic rings. The van der Waals surface area contributed by atoms with Gasteiger partial charge in [-0.2, -0.15) is 0 Å². The Balaban J connectivity index is 2.10. The minimum absolute atomic E-state index is 0.00720. The summed E-state index contributed by atoms with van der Waals surface area (Å²) < 4.78 is 0. The van der Waals surface area contributed by atoms with E-state index in [9.17, 15) is 14.4 Å². The third-order valence-electron chi connectivity index (χ3n) is 2.39. The lowest BCUT2D eigenvalue weighted by atomic mass is 10.2. The highest BCUT2D eigenvalue weighted by molar-refractivity contribution is 7.11. The maximum atomic E-state index is 11.8. The quantitative estimate of drug-likeness (QED) is 0.721. The van der Waals surface area contributed by atoms with E-state index in [0.717, 1.165) is 9.88 Å². The molecule has 17 heavy (non-hydrogen) atoms. The number of aryl methyl sites for hydroxylation is 2. The van der Waals surface area contributed by atoms with Gasteiger partial charge in [-0.05, 0) is 13.8 Å². The Kier molecular flexibility index (Phi) is 2.93. The van der Waals surface area contributed by atoms with Crippen LogP contribution in [0.4, 0.5) is 0 Å². The molecule has 7 heteroatoms. The minimum Gasteiger partial charge on any atom is -0.338 e. The number of imide groups is 1. The summed E-state index contributed by atoms with van der Waals surface area (Å²) in [5, 5.41) is 5.43. The average molecular weight is 253 g/mol. The smallest absolute Gasteiger partial charge is 0.271 e. The van der Waals surface area contributed by atoms with E-state index < -0.39 is 17.9 Å². The molecule has 1 aromatic heterocycles. The second-order valence-electron chi connectivity index (χ2n) is 3.78. The predicted octanol–water partition coefficient (Wildman–Crippen LogP) is -0.0952. The van der Waals surface area contributed by atoms with E-state index in [1.807, 2.05) is 0 Å². The Labute approximate surface area is 101 Å². The topological polar surface area (TPSA) is 88.2 Å². The van der Waals surface area contributed by atoms with Gasteiger partial charge in [0.25, 0.3) is 5.91 Å². The molecule has 0 radical (unpaired) electrons. The molecule has 3 amide bonds. The van der Waals surface area contributed by atoms with Gasteiger partial charge >= 0.3 is 0 Å². The first kappa shape index (κ1) is 11.7. The number of aromatic nitrogens is 1. The molecule has 2 N–H and O–H groups in total. The SMILES string of the molecule is Cc1nc(C(=O)NC2CC(=O)NC2=O)c(C)s1. The van der Waals surface area contributed by atoms with Crippen LogP contribution in [0.15, 0.2) is 0 Å². The fourth-order valence-electron chi connectivity index (χ4n) is 1.64. The number of carbonyl (C=O) groups excluding carboxylic acids is 3. The molecule has 0 bridgehead atoms. The zero-order valence-electron chi connectivity index (χ0n) is 9.36. The normalized spacial score (nSPS) is 19.3. The van der Waals surface area contributed by atoms with Gasteiger partial charge in [0.2, 0.25) is 11.8 Å². The molecule has 1 saturated heterocycles. The van der Waals surface area contributed by atoms with Crippen LogP contribution in [0.5, 0.6) is 0 Å². The highest BCUT2D eigenvalue weighted by atomic mass is 32.1. The van der Waals surface area contributed by atoms with Crippen LogP contribution >= 0.6 is 11.3 Å². The van der Waals surface area contributed by atoms with E-state index >= 15 is 0 Å². The lowest BCUT2D eigenvalue weighted by molar-refractivity contribution is -0.125. The standard InChI is InChI=1S/C10H11N3O3S/c1-4-8(11-5(2)17-4)10(16)12-6-3-7(14)13-9(6)15/h6H,3H2,1-2H3,(H,12,16)(H,13,14,15). The lowest BCUT2D eigenvalue weighted by Crippen LogP contribution is -2.40. The van der Waals surface area contributed by atoms with E-state index in [1.165, 1.54) is 11.3 Å². The molecule has 0 aliphatic carbocycles. The Morgan fingerprint density at radius 3 is 2.65 bits per heavy atom. The van der Waals surface area contributed by atoms with Crippen molar-refractivity contribution in [3.05, 3.63) is 15.6 Å². The second-order valence-corrected chi connectivity index (χ2v) is 5.19. The van der Waals surface area contributed by atoms with Crippen molar-refractivity contribution < 1.29 is 14.4 Å². The average Bonchev–Trinajstić information content (AvgIpc) is 2.70. The maximum Gasteiger partial charge on any atom is 0.271 e.